The molecule has 0 radical (unpaired) electrons. The van der Waals surface area contributed by atoms with Crippen LogP contribution in [0, 0.1) is 30.3 Å². The van der Waals surface area contributed by atoms with Gasteiger partial charge in [0.2, 0.25) is 5.75 Å². The first-order valence-corrected chi connectivity index (χ1v) is 10.2. The summed E-state index contributed by atoms with van der Waals surface area (Å²) in [4.78, 5) is 31.2. The fraction of sp³-hybridized carbons (Fsp3) is 0. The summed E-state index contributed by atoms with van der Waals surface area (Å²) in [5.74, 6) is 1.27. The molecule has 0 aliphatic carbocycles. The van der Waals surface area contributed by atoms with Crippen LogP contribution < -0.4 is 14.2 Å². The molecular formula is C24H15N3O9. The molecule has 0 unspecified atom stereocenters. The third-order valence-corrected chi connectivity index (χ3v) is 4.76. The van der Waals surface area contributed by atoms with E-state index in [1.165, 1.54) is 72.8 Å². The van der Waals surface area contributed by atoms with E-state index in [0.717, 1.165) is 0 Å². The first kappa shape index (κ1) is 23.6. The Labute approximate surface area is 202 Å². The summed E-state index contributed by atoms with van der Waals surface area (Å²) in [5.41, 5.74) is -0.347. The van der Waals surface area contributed by atoms with Crippen molar-refractivity contribution in [3.63, 3.8) is 0 Å². The second kappa shape index (κ2) is 10.2. The molecule has 0 fully saturated rings. The van der Waals surface area contributed by atoms with Gasteiger partial charge in [0.1, 0.15) is 17.2 Å². The fourth-order valence-corrected chi connectivity index (χ4v) is 3.04. The average molecular weight is 489 g/mol. The van der Waals surface area contributed by atoms with Gasteiger partial charge in [0.25, 0.3) is 17.1 Å². The van der Waals surface area contributed by atoms with Crippen molar-refractivity contribution in [3.8, 4) is 34.5 Å². The standard InChI is InChI=1S/C24H15N3O9/c28-25(29)16-4-10-19(11-5-16)34-22-2-1-3-23(35-20-12-6-17(7-13-20)26(30)31)24(22)36-21-14-8-18(9-15-21)27(32)33/h1-15H. The van der Waals surface area contributed by atoms with Gasteiger partial charge in [-0.05, 0) is 48.5 Å². The highest BCUT2D eigenvalue weighted by molar-refractivity contribution is 5.56. The molecule has 4 aromatic carbocycles. The molecule has 12 nitrogen and oxygen atoms in total. The SMILES string of the molecule is O=[N+]([O-])c1ccc(Oc2cccc(Oc3ccc([N+](=O)[O-])cc3)c2Oc2ccc([N+](=O)[O-])cc2)cc1. The highest BCUT2D eigenvalue weighted by atomic mass is 16.6. The molecule has 12 heteroatoms. The van der Waals surface area contributed by atoms with Crippen molar-refractivity contribution in [1.29, 1.82) is 0 Å². The van der Waals surface area contributed by atoms with Crippen LogP contribution in [0.4, 0.5) is 17.1 Å². The maximum atomic E-state index is 11.0. The van der Waals surface area contributed by atoms with Crippen molar-refractivity contribution >= 4 is 17.1 Å². The Bertz CT molecular complexity index is 1340. The zero-order valence-corrected chi connectivity index (χ0v) is 18.2. The minimum absolute atomic E-state index is 0.100. The third-order valence-electron chi connectivity index (χ3n) is 4.76. The average Bonchev–Trinajstić information content (AvgIpc) is 2.87. The molecule has 0 aromatic heterocycles. The number of nitro benzene ring substituents is 3. The quantitative estimate of drug-likeness (QED) is 0.182. The van der Waals surface area contributed by atoms with E-state index in [0.29, 0.717) is 0 Å². The van der Waals surface area contributed by atoms with Crippen molar-refractivity contribution in [1.82, 2.24) is 0 Å². The van der Waals surface area contributed by atoms with Crippen molar-refractivity contribution in [2.45, 2.75) is 0 Å². The van der Waals surface area contributed by atoms with Crippen molar-refractivity contribution in [2.24, 2.45) is 0 Å². The van der Waals surface area contributed by atoms with E-state index in [2.05, 4.69) is 0 Å². The molecule has 0 N–H and O–H groups in total. The van der Waals surface area contributed by atoms with Crippen LogP contribution in [-0.4, -0.2) is 14.8 Å². The molecule has 0 saturated carbocycles. The van der Waals surface area contributed by atoms with E-state index in [1.54, 1.807) is 18.2 Å². The maximum absolute atomic E-state index is 11.0. The molecule has 36 heavy (non-hydrogen) atoms. The molecule has 0 atom stereocenters. The topological polar surface area (TPSA) is 157 Å². The lowest BCUT2D eigenvalue weighted by molar-refractivity contribution is -0.385. The summed E-state index contributed by atoms with van der Waals surface area (Å²) < 4.78 is 17.7. The molecule has 180 valence electrons. The van der Waals surface area contributed by atoms with Crippen molar-refractivity contribution in [3.05, 3.63) is 121 Å². The number of non-ortho nitro benzene ring substituents is 3. The van der Waals surface area contributed by atoms with Gasteiger partial charge in [0.05, 0.1) is 14.8 Å². The van der Waals surface area contributed by atoms with Crippen LogP contribution in [0.25, 0.3) is 0 Å². The van der Waals surface area contributed by atoms with Crippen LogP contribution in [-0.2, 0) is 0 Å². The molecular weight excluding hydrogens is 474 g/mol. The number of nitrogens with zero attached hydrogens (tertiary/aromatic N) is 3. The van der Waals surface area contributed by atoms with E-state index in [1.807, 2.05) is 0 Å². The molecule has 0 heterocycles. The minimum atomic E-state index is -0.543. The van der Waals surface area contributed by atoms with Crippen molar-refractivity contribution in [2.75, 3.05) is 0 Å². The zero-order chi connectivity index (χ0) is 25.7. The van der Waals surface area contributed by atoms with Crippen LogP contribution in [0.1, 0.15) is 0 Å². The lowest BCUT2D eigenvalue weighted by atomic mass is 10.2. The van der Waals surface area contributed by atoms with Crippen LogP contribution in [0.2, 0.25) is 0 Å². The summed E-state index contributed by atoms with van der Waals surface area (Å²) in [5, 5.41) is 32.8. The number of benzene rings is 4. The molecule has 4 aromatic rings. The Morgan fingerprint density at radius 2 is 0.750 bits per heavy atom. The maximum Gasteiger partial charge on any atom is 0.269 e. The van der Waals surface area contributed by atoms with Crippen LogP contribution in [0.5, 0.6) is 34.5 Å². The molecule has 0 aliphatic rings. The summed E-state index contributed by atoms with van der Waals surface area (Å²) in [6, 6.07) is 20.9. The predicted octanol–water partition coefficient (Wildman–Crippen LogP) is 6.79. The van der Waals surface area contributed by atoms with Gasteiger partial charge in [0, 0.05) is 36.4 Å². The summed E-state index contributed by atoms with van der Waals surface area (Å²) in [6.45, 7) is 0. The largest absolute Gasteiger partial charge is 0.453 e. The summed E-state index contributed by atoms with van der Waals surface area (Å²) in [6.07, 6.45) is 0. The van der Waals surface area contributed by atoms with Crippen LogP contribution in [0.15, 0.2) is 91.0 Å². The van der Waals surface area contributed by atoms with E-state index in [4.69, 9.17) is 14.2 Å². The molecule has 0 aliphatic heterocycles. The second-order valence-electron chi connectivity index (χ2n) is 7.14. The number of hydrogen-bond acceptors (Lipinski definition) is 9. The predicted molar refractivity (Wildman–Crippen MR) is 126 cm³/mol. The Kier molecular flexibility index (Phi) is 6.68. The third kappa shape index (κ3) is 5.51. The van der Waals surface area contributed by atoms with Gasteiger partial charge in [-0.3, -0.25) is 30.3 Å². The van der Waals surface area contributed by atoms with E-state index < -0.39 is 14.8 Å². The normalized spacial score (nSPS) is 10.3. The van der Waals surface area contributed by atoms with E-state index >= 15 is 0 Å². The molecule has 0 spiro atoms. The summed E-state index contributed by atoms with van der Waals surface area (Å²) in [7, 11) is 0. The van der Waals surface area contributed by atoms with Gasteiger partial charge in [-0.15, -0.1) is 0 Å². The monoisotopic (exact) mass is 489 g/mol. The second-order valence-corrected chi connectivity index (χ2v) is 7.14. The van der Waals surface area contributed by atoms with Gasteiger partial charge in [-0.25, -0.2) is 0 Å². The number of para-hydroxylation sites is 1. The lowest BCUT2D eigenvalue weighted by Gasteiger charge is -2.16. The van der Waals surface area contributed by atoms with Gasteiger partial charge in [-0.1, -0.05) is 6.07 Å². The van der Waals surface area contributed by atoms with E-state index in [9.17, 15) is 30.3 Å². The van der Waals surface area contributed by atoms with Gasteiger partial charge >= 0.3 is 0 Å². The van der Waals surface area contributed by atoms with Crippen LogP contribution in [0.3, 0.4) is 0 Å². The Morgan fingerprint density at radius 1 is 0.444 bits per heavy atom. The van der Waals surface area contributed by atoms with Gasteiger partial charge in [-0.2, -0.15) is 0 Å². The Balaban J connectivity index is 1.69. The van der Waals surface area contributed by atoms with Gasteiger partial charge < -0.3 is 14.2 Å². The highest BCUT2D eigenvalue weighted by Gasteiger charge is 2.17. The number of hydrogen-bond donors (Lipinski definition) is 0. The number of ether oxygens (including phenoxy) is 3. The van der Waals surface area contributed by atoms with Crippen molar-refractivity contribution < 1.29 is 29.0 Å². The fourth-order valence-electron chi connectivity index (χ4n) is 3.04. The summed E-state index contributed by atoms with van der Waals surface area (Å²) >= 11 is 0. The first-order chi connectivity index (χ1) is 17.3. The molecule has 4 rings (SSSR count). The number of rotatable bonds is 9. The Hall–Kier alpha value is -5.52. The lowest BCUT2D eigenvalue weighted by Crippen LogP contribution is -1.95. The van der Waals surface area contributed by atoms with Gasteiger partial charge in [0.15, 0.2) is 11.5 Å². The van der Waals surface area contributed by atoms with E-state index in [-0.39, 0.29) is 51.6 Å². The molecule has 0 saturated heterocycles. The number of nitro groups is 3. The Morgan fingerprint density at radius 3 is 1.06 bits per heavy atom. The smallest absolute Gasteiger partial charge is 0.269 e. The zero-order valence-electron chi connectivity index (χ0n) is 18.2. The molecule has 0 bridgehead atoms. The minimum Gasteiger partial charge on any atom is -0.453 e. The first-order valence-electron chi connectivity index (χ1n) is 10.2. The highest BCUT2D eigenvalue weighted by Crippen LogP contribution is 2.44. The van der Waals surface area contributed by atoms with Crippen LogP contribution >= 0.6 is 0 Å². The molecule has 0 amide bonds.